The monoisotopic (exact) mass is 444 g/mol. The fourth-order valence-electron chi connectivity index (χ4n) is 8.95. The average Bonchev–Trinajstić information content (AvgIpc) is 3.10. The van der Waals surface area contributed by atoms with Gasteiger partial charge in [0.2, 0.25) is 0 Å². The molecule has 0 heterocycles. The molecule has 3 saturated carbocycles. The summed E-state index contributed by atoms with van der Waals surface area (Å²) < 4.78 is 5.19. The van der Waals surface area contributed by atoms with Gasteiger partial charge in [-0.05, 0) is 104 Å². The number of aliphatic hydroxyl groups excluding tert-OH is 1. The average molecular weight is 445 g/mol. The third kappa shape index (κ3) is 4.44. The number of allylic oxidation sites excluding steroid dienone is 1. The molecular formula is C29H48O3. The Morgan fingerprint density at radius 3 is 2.66 bits per heavy atom. The summed E-state index contributed by atoms with van der Waals surface area (Å²) in [5.41, 5.74) is 2.46. The van der Waals surface area contributed by atoms with E-state index in [9.17, 15) is 9.90 Å². The van der Waals surface area contributed by atoms with Crippen molar-refractivity contribution in [3.05, 3.63) is 11.6 Å². The highest BCUT2D eigenvalue weighted by Gasteiger charge is 2.59. The second-order valence-corrected chi connectivity index (χ2v) is 12.7. The SMILES string of the molecule is CC(=O)OC[C@H](C)CCC[C@@H](C)[C@H]1CC[C@H]2[C@@H]3CC=C4C[C@@H](O)CC[C@]4(C)[C@H]3CC[C@]12C. The van der Waals surface area contributed by atoms with Gasteiger partial charge in [-0.3, -0.25) is 4.79 Å². The first kappa shape index (κ1) is 24.3. The van der Waals surface area contributed by atoms with Gasteiger partial charge in [0.05, 0.1) is 12.7 Å². The van der Waals surface area contributed by atoms with E-state index in [1.165, 1.54) is 58.3 Å². The third-order valence-electron chi connectivity index (χ3n) is 10.8. The summed E-state index contributed by atoms with van der Waals surface area (Å²) in [6.07, 6.45) is 16.2. The van der Waals surface area contributed by atoms with E-state index in [4.69, 9.17) is 4.74 Å². The number of carbonyl (C=O) groups excluding carboxylic acids is 1. The maximum Gasteiger partial charge on any atom is 0.302 e. The van der Waals surface area contributed by atoms with Crippen LogP contribution in [0.4, 0.5) is 0 Å². The zero-order chi connectivity index (χ0) is 23.1. The molecule has 4 aliphatic rings. The molecule has 0 unspecified atom stereocenters. The molecule has 3 nitrogen and oxygen atoms in total. The van der Waals surface area contributed by atoms with Crippen molar-refractivity contribution in [2.45, 2.75) is 111 Å². The molecule has 0 aliphatic heterocycles. The van der Waals surface area contributed by atoms with Crippen LogP contribution >= 0.6 is 0 Å². The van der Waals surface area contributed by atoms with E-state index in [0.29, 0.717) is 23.4 Å². The first-order chi connectivity index (χ1) is 15.1. The lowest BCUT2D eigenvalue weighted by molar-refractivity contribution is -0.142. The Hall–Kier alpha value is -0.830. The normalized spacial score (nSPS) is 42.8. The Morgan fingerprint density at radius 2 is 1.91 bits per heavy atom. The molecule has 0 spiro atoms. The van der Waals surface area contributed by atoms with Gasteiger partial charge in [0.25, 0.3) is 0 Å². The van der Waals surface area contributed by atoms with Crippen LogP contribution in [0.3, 0.4) is 0 Å². The molecular weight excluding hydrogens is 396 g/mol. The van der Waals surface area contributed by atoms with E-state index in [1.54, 1.807) is 5.57 Å². The lowest BCUT2D eigenvalue weighted by Crippen LogP contribution is -2.50. The van der Waals surface area contributed by atoms with Gasteiger partial charge in [0.1, 0.15) is 0 Å². The Kier molecular flexibility index (Phi) is 7.16. The van der Waals surface area contributed by atoms with Crippen LogP contribution in [0.25, 0.3) is 0 Å². The second kappa shape index (κ2) is 9.43. The molecule has 4 aliphatic carbocycles. The number of aliphatic hydroxyl groups is 1. The Morgan fingerprint density at radius 1 is 1.12 bits per heavy atom. The molecule has 0 saturated heterocycles. The largest absolute Gasteiger partial charge is 0.466 e. The summed E-state index contributed by atoms with van der Waals surface area (Å²) in [5, 5.41) is 10.2. The predicted molar refractivity (Wildman–Crippen MR) is 130 cm³/mol. The summed E-state index contributed by atoms with van der Waals surface area (Å²) >= 11 is 0. The molecule has 0 radical (unpaired) electrons. The second-order valence-electron chi connectivity index (χ2n) is 12.7. The fraction of sp³-hybridized carbons (Fsp3) is 0.897. The maximum absolute atomic E-state index is 11.0. The minimum absolute atomic E-state index is 0.104. The smallest absolute Gasteiger partial charge is 0.302 e. The van der Waals surface area contributed by atoms with Crippen molar-refractivity contribution in [1.82, 2.24) is 0 Å². The molecule has 9 atom stereocenters. The zero-order valence-electron chi connectivity index (χ0n) is 21.4. The van der Waals surface area contributed by atoms with E-state index < -0.39 is 0 Å². The van der Waals surface area contributed by atoms with Crippen LogP contribution in [-0.4, -0.2) is 23.8 Å². The molecule has 3 heteroatoms. The van der Waals surface area contributed by atoms with Gasteiger partial charge in [0.15, 0.2) is 0 Å². The molecule has 0 amide bonds. The van der Waals surface area contributed by atoms with Crippen molar-refractivity contribution in [1.29, 1.82) is 0 Å². The maximum atomic E-state index is 11.0. The number of carbonyl (C=O) groups is 1. The molecule has 1 N–H and O–H groups in total. The highest BCUT2D eigenvalue weighted by atomic mass is 16.5. The van der Waals surface area contributed by atoms with Gasteiger partial charge in [-0.1, -0.05) is 52.2 Å². The Labute approximate surface area is 196 Å². The minimum atomic E-state index is -0.159. The molecule has 0 aromatic heterocycles. The fourth-order valence-corrected chi connectivity index (χ4v) is 8.95. The lowest BCUT2D eigenvalue weighted by atomic mass is 9.47. The quantitative estimate of drug-likeness (QED) is 0.342. The predicted octanol–water partition coefficient (Wildman–Crippen LogP) is 6.93. The molecule has 0 aromatic carbocycles. The van der Waals surface area contributed by atoms with Gasteiger partial charge < -0.3 is 9.84 Å². The molecule has 3 fully saturated rings. The van der Waals surface area contributed by atoms with Crippen molar-refractivity contribution in [3.63, 3.8) is 0 Å². The van der Waals surface area contributed by atoms with Crippen molar-refractivity contribution in [3.8, 4) is 0 Å². The molecule has 32 heavy (non-hydrogen) atoms. The first-order valence-electron chi connectivity index (χ1n) is 13.7. The van der Waals surface area contributed by atoms with Crippen LogP contribution in [0.15, 0.2) is 11.6 Å². The van der Waals surface area contributed by atoms with Crippen LogP contribution in [0.1, 0.15) is 105 Å². The molecule has 4 rings (SSSR count). The standard InChI is InChI=1S/C29H48O3/c1-19(18-32-21(3)30)7-6-8-20(2)25-11-12-26-24-10-9-22-17-23(31)13-15-28(22,4)27(24)14-16-29(25,26)5/h9,19-20,23-27,31H,6-8,10-18H2,1-5H3/t19-,20-,23+,24+,25-,26+,27+,28+,29-/m1/s1. The van der Waals surface area contributed by atoms with Gasteiger partial charge in [0, 0.05) is 6.92 Å². The number of hydrogen-bond donors (Lipinski definition) is 1. The number of esters is 1. The van der Waals surface area contributed by atoms with Crippen molar-refractivity contribution in [2.75, 3.05) is 6.61 Å². The van der Waals surface area contributed by atoms with E-state index in [-0.39, 0.29) is 12.1 Å². The van der Waals surface area contributed by atoms with Crippen LogP contribution in [-0.2, 0) is 9.53 Å². The molecule has 0 bridgehead atoms. The van der Waals surface area contributed by atoms with E-state index in [0.717, 1.165) is 48.9 Å². The number of ether oxygens (including phenoxy) is 1. The van der Waals surface area contributed by atoms with Gasteiger partial charge in [-0.2, -0.15) is 0 Å². The van der Waals surface area contributed by atoms with Crippen molar-refractivity contribution >= 4 is 5.97 Å². The van der Waals surface area contributed by atoms with E-state index >= 15 is 0 Å². The first-order valence-corrected chi connectivity index (χ1v) is 13.7. The molecule has 0 aromatic rings. The van der Waals surface area contributed by atoms with Gasteiger partial charge in [-0.15, -0.1) is 0 Å². The van der Waals surface area contributed by atoms with Crippen LogP contribution < -0.4 is 0 Å². The van der Waals surface area contributed by atoms with Crippen LogP contribution in [0, 0.1) is 46.3 Å². The highest BCUT2D eigenvalue weighted by molar-refractivity contribution is 5.65. The van der Waals surface area contributed by atoms with Crippen molar-refractivity contribution < 1.29 is 14.6 Å². The lowest BCUT2D eigenvalue weighted by Gasteiger charge is -2.58. The van der Waals surface area contributed by atoms with E-state index in [1.807, 2.05) is 0 Å². The van der Waals surface area contributed by atoms with Crippen LogP contribution in [0.2, 0.25) is 0 Å². The third-order valence-corrected chi connectivity index (χ3v) is 10.8. The number of hydrogen-bond acceptors (Lipinski definition) is 3. The summed E-state index contributed by atoms with van der Waals surface area (Å²) in [6, 6.07) is 0. The minimum Gasteiger partial charge on any atom is -0.466 e. The van der Waals surface area contributed by atoms with Crippen molar-refractivity contribution in [2.24, 2.45) is 46.3 Å². The molecule has 182 valence electrons. The highest BCUT2D eigenvalue weighted by Crippen LogP contribution is 2.67. The Balaban J connectivity index is 1.37. The van der Waals surface area contributed by atoms with Gasteiger partial charge in [-0.25, -0.2) is 0 Å². The number of fused-ring (bicyclic) bond motifs is 5. The van der Waals surface area contributed by atoms with Gasteiger partial charge >= 0.3 is 5.97 Å². The topological polar surface area (TPSA) is 46.5 Å². The summed E-state index contributed by atoms with van der Waals surface area (Å²) in [7, 11) is 0. The van der Waals surface area contributed by atoms with E-state index in [2.05, 4.69) is 33.8 Å². The zero-order valence-corrected chi connectivity index (χ0v) is 21.4. The van der Waals surface area contributed by atoms with Crippen LogP contribution in [0.5, 0.6) is 0 Å². The summed E-state index contributed by atoms with van der Waals surface area (Å²) in [5.74, 6) is 4.54. The Bertz CT molecular complexity index is 713. The summed E-state index contributed by atoms with van der Waals surface area (Å²) in [6.45, 7) is 12.0. The number of rotatable bonds is 7. The summed E-state index contributed by atoms with van der Waals surface area (Å²) in [4.78, 5) is 11.0.